The first-order valence-electron chi connectivity index (χ1n) is 6.76. The van der Waals surface area contributed by atoms with Gasteiger partial charge in [0, 0.05) is 30.3 Å². The van der Waals surface area contributed by atoms with Crippen molar-refractivity contribution in [3.05, 3.63) is 57.3 Å². The quantitative estimate of drug-likeness (QED) is 0.763. The molecule has 0 saturated carbocycles. The summed E-state index contributed by atoms with van der Waals surface area (Å²) in [5.74, 6) is -0.0358. The van der Waals surface area contributed by atoms with Gasteiger partial charge in [0.25, 0.3) is 5.91 Å². The molecule has 1 aromatic carbocycles. The van der Waals surface area contributed by atoms with E-state index in [0.717, 1.165) is 10.0 Å². The number of hydrogen-bond acceptors (Lipinski definition) is 1. The van der Waals surface area contributed by atoms with Gasteiger partial charge in [0.15, 0.2) is 0 Å². The van der Waals surface area contributed by atoms with Crippen molar-refractivity contribution >= 4 is 33.4 Å². The summed E-state index contributed by atoms with van der Waals surface area (Å²) in [4.78, 5) is 14.3. The van der Waals surface area contributed by atoms with Crippen LogP contribution < -0.4 is 0 Å². The van der Waals surface area contributed by atoms with E-state index in [1.165, 1.54) is 0 Å². The smallest absolute Gasteiger partial charge is 0.270 e. The molecule has 3 nitrogen and oxygen atoms in total. The van der Waals surface area contributed by atoms with Crippen molar-refractivity contribution in [2.75, 3.05) is 7.05 Å². The Balaban J connectivity index is 2.22. The minimum Gasteiger partial charge on any atom is -0.339 e. The van der Waals surface area contributed by atoms with Gasteiger partial charge < -0.3 is 9.47 Å². The molecule has 1 heterocycles. The Morgan fingerprint density at radius 1 is 1.38 bits per heavy atom. The highest BCUT2D eigenvalue weighted by Crippen LogP contribution is 2.22. The summed E-state index contributed by atoms with van der Waals surface area (Å²) in [6, 6.07) is 9.81. The molecule has 1 amide bonds. The maximum absolute atomic E-state index is 12.6. The number of nitrogens with zero attached hydrogens (tertiary/aromatic N) is 2. The van der Waals surface area contributed by atoms with Gasteiger partial charge in [-0.3, -0.25) is 4.79 Å². The van der Waals surface area contributed by atoms with Crippen LogP contribution in [0.2, 0.25) is 5.02 Å². The van der Waals surface area contributed by atoms with Crippen LogP contribution in [0.4, 0.5) is 0 Å². The zero-order valence-corrected chi connectivity index (χ0v) is 14.6. The van der Waals surface area contributed by atoms with Gasteiger partial charge in [-0.15, -0.1) is 0 Å². The molecular weight excluding hydrogens is 352 g/mol. The molecule has 0 aliphatic carbocycles. The second-order valence-electron chi connectivity index (χ2n) is 5.30. The van der Waals surface area contributed by atoms with E-state index in [4.69, 9.17) is 11.6 Å². The van der Waals surface area contributed by atoms with Crippen molar-refractivity contribution in [2.45, 2.75) is 26.4 Å². The highest BCUT2D eigenvalue weighted by atomic mass is 79.9. The van der Waals surface area contributed by atoms with Crippen LogP contribution in [0.15, 0.2) is 41.0 Å². The highest BCUT2D eigenvalue weighted by Gasteiger charge is 2.19. The number of benzene rings is 1. The van der Waals surface area contributed by atoms with Gasteiger partial charge >= 0.3 is 0 Å². The van der Waals surface area contributed by atoms with E-state index >= 15 is 0 Å². The first-order valence-corrected chi connectivity index (χ1v) is 7.93. The number of carbonyl (C=O) groups is 1. The van der Waals surface area contributed by atoms with Gasteiger partial charge in [0.05, 0.1) is 5.02 Å². The summed E-state index contributed by atoms with van der Waals surface area (Å²) in [7, 11) is 1.80. The summed E-state index contributed by atoms with van der Waals surface area (Å²) in [6.45, 7) is 4.60. The van der Waals surface area contributed by atoms with Crippen LogP contribution in [0.25, 0.3) is 0 Å². The maximum atomic E-state index is 12.6. The van der Waals surface area contributed by atoms with E-state index < -0.39 is 0 Å². The van der Waals surface area contributed by atoms with Gasteiger partial charge in [0.1, 0.15) is 5.69 Å². The zero-order valence-electron chi connectivity index (χ0n) is 12.3. The standard InChI is InChI=1S/C16H18BrClN2O/c1-11(2)20-10-13(18)8-15(20)16(21)19(3)9-12-6-4-5-7-14(12)17/h4-8,10-11H,9H2,1-3H3. The van der Waals surface area contributed by atoms with Gasteiger partial charge in [-0.2, -0.15) is 0 Å². The molecule has 0 fully saturated rings. The summed E-state index contributed by atoms with van der Waals surface area (Å²) in [5.41, 5.74) is 1.69. The molecule has 0 bridgehead atoms. The molecule has 2 rings (SSSR count). The topological polar surface area (TPSA) is 25.2 Å². The SMILES string of the molecule is CC(C)n1cc(Cl)cc1C(=O)N(C)Cc1ccccc1Br. The molecule has 0 aliphatic rings. The van der Waals surface area contributed by atoms with Crippen molar-refractivity contribution in [1.82, 2.24) is 9.47 Å². The van der Waals surface area contributed by atoms with Crippen LogP contribution in [-0.4, -0.2) is 22.4 Å². The largest absolute Gasteiger partial charge is 0.339 e. The Morgan fingerprint density at radius 3 is 2.67 bits per heavy atom. The number of amides is 1. The third kappa shape index (κ3) is 3.69. The molecule has 0 atom stereocenters. The number of halogens is 2. The maximum Gasteiger partial charge on any atom is 0.270 e. The van der Waals surface area contributed by atoms with Crippen LogP contribution in [-0.2, 0) is 6.54 Å². The van der Waals surface area contributed by atoms with Crippen molar-refractivity contribution < 1.29 is 4.79 Å². The van der Waals surface area contributed by atoms with E-state index in [2.05, 4.69) is 15.9 Å². The van der Waals surface area contributed by atoms with Crippen molar-refractivity contribution in [1.29, 1.82) is 0 Å². The molecule has 0 spiro atoms. The van der Waals surface area contributed by atoms with Gasteiger partial charge in [0.2, 0.25) is 0 Å². The predicted molar refractivity (Wildman–Crippen MR) is 89.8 cm³/mol. The highest BCUT2D eigenvalue weighted by molar-refractivity contribution is 9.10. The fourth-order valence-corrected chi connectivity index (χ4v) is 2.81. The zero-order chi connectivity index (χ0) is 15.6. The van der Waals surface area contributed by atoms with E-state index in [1.54, 1.807) is 24.2 Å². The van der Waals surface area contributed by atoms with Crippen LogP contribution >= 0.6 is 27.5 Å². The van der Waals surface area contributed by atoms with Crippen LogP contribution in [0.3, 0.4) is 0 Å². The first kappa shape index (κ1) is 16.1. The normalized spacial score (nSPS) is 11.0. The lowest BCUT2D eigenvalue weighted by Crippen LogP contribution is -2.28. The molecule has 0 saturated heterocycles. The van der Waals surface area contributed by atoms with Crippen molar-refractivity contribution in [3.8, 4) is 0 Å². The van der Waals surface area contributed by atoms with Gasteiger partial charge in [-0.25, -0.2) is 0 Å². The van der Waals surface area contributed by atoms with Gasteiger partial charge in [-0.05, 0) is 31.5 Å². The number of rotatable bonds is 4. The predicted octanol–water partition coefficient (Wildman–Crippen LogP) is 4.76. The second kappa shape index (κ2) is 6.67. The van der Waals surface area contributed by atoms with E-state index in [9.17, 15) is 4.79 Å². The molecule has 2 aromatic rings. The fraction of sp³-hybridized carbons (Fsp3) is 0.312. The second-order valence-corrected chi connectivity index (χ2v) is 6.59. The fourth-order valence-electron chi connectivity index (χ4n) is 2.19. The molecule has 1 aromatic heterocycles. The third-order valence-corrected chi connectivity index (χ3v) is 4.28. The van der Waals surface area contributed by atoms with E-state index in [1.807, 2.05) is 42.7 Å². The summed E-state index contributed by atoms with van der Waals surface area (Å²) < 4.78 is 2.91. The minimum atomic E-state index is -0.0358. The molecule has 5 heteroatoms. The molecule has 0 N–H and O–H groups in total. The van der Waals surface area contributed by atoms with Crippen LogP contribution in [0.1, 0.15) is 35.9 Å². The molecule has 112 valence electrons. The lowest BCUT2D eigenvalue weighted by atomic mass is 10.2. The Morgan fingerprint density at radius 2 is 2.05 bits per heavy atom. The molecule has 0 aliphatic heterocycles. The summed E-state index contributed by atoms with van der Waals surface area (Å²) in [6.07, 6.45) is 1.80. The average molecular weight is 370 g/mol. The minimum absolute atomic E-state index is 0.0358. The van der Waals surface area contributed by atoms with Gasteiger partial charge in [-0.1, -0.05) is 45.7 Å². The lowest BCUT2D eigenvalue weighted by molar-refractivity contribution is 0.0772. The monoisotopic (exact) mass is 368 g/mol. The van der Waals surface area contributed by atoms with Crippen molar-refractivity contribution in [3.63, 3.8) is 0 Å². The first-order chi connectivity index (χ1) is 9.90. The Hall–Kier alpha value is -1.26. The molecule has 0 radical (unpaired) electrons. The lowest BCUT2D eigenvalue weighted by Gasteiger charge is -2.20. The molecule has 0 unspecified atom stereocenters. The van der Waals surface area contributed by atoms with Crippen molar-refractivity contribution in [2.24, 2.45) is 0 Å². The molecular formula is C16H18BrClN2O. The third-order valence-electron chi connectivity index (χ3n) is 3.30. The van der Waals surface area contributed by atoms with Crippen LogP contribution in [0.5, 0.6) is 0 Å². The van der Waals surface area contributed by atoms with Crippen LogP contribution in [0, 0.1) is 0 Å². The summed E-state index contributed by atoms with van der Waals surface area (Å²) in [5, 5.41) is 0.585. The Kier molecular flexibility index (Phi) is 5.12. The Bertz CT molecular complexity index is 651. The van der Waals surface area contributed by atoms with E-state index in [-0.39, 0.29) is 11.9 Å². The number of aromatic nitrogens is 1. The number of hydrogen-bond donors (Lipinski definition) is 0. The molecule has 21 heavy (non-hydrogen) atoms. The van der Waals surface area contributed by atoms with E-state index in [0.29, 0.717) is 17.3 Å². The number of carbonyl (C=O) groups excluding carboxylic acids is 1. The summed E-state index contributed by atoms with van der Waals surface area (Å²) >= 11 is 9.55. The average Bonchev–Trinajstić information content (AvgIpc) is 2.82. The Labute approximate surface area is 138 Å².